The van der Waals surface area contributed by atoms with Crippen molar-refractivity contribution >= 4 is 11.6 Å². The summed E-state index contributed by atoms with van der Waals surface area (Å²) in [4.78, 5) is 20.2. The monoisotopic (exact) mass is 310 g/mol. The van der Waals surface area contributed by atoms with Gasteiger partial charge in [0.05, 0.1) is 5.41 Å². The normalized spacial score (nSPS) is 26.7. The summed E-state index contributed by atoms with van der Waals surface area (Å²) in [5, 5.41) is 6.56. The molecule has 1 saturated carbocycles. The molecule has 1 aliphatic heterocycles. The van der Waals surface area contributed by atoms with E-state index in [-0.39, 0.29) is 11.3 Å². The van der Waals surface area contributed by atoms with Crippen LogP contribution in [0.1, 0.15) is 25.7 Å². The highest BCUT2D eigenvalue weighted by Crippen LogP contribution is 2.44. The molecule has 0 bridgehead atoms. The zero-order valence-electron chi connectivity index (χ0n) is 13.1. The third kappa shape index (κ3) is 2.55. The smallest absolute Gasteiger partial charge is 0.232 e. The van der Waals surface area contributed by atoms with Crippen molar-refractivity contribution in [1.29, 1.82) is 0 Å². The second kappa shape index (κ2) is 5.81. The number of hydrogen-bond acceptors (Lipinski definition) is 3. The van der Waals surface area contributed by atoms with E-state index in [1.807, 2.05) is 24.3 Å². The molecule has 0 spiro atoms. The molecule has 1 aromatic heterocycles. The van der Waals surface area contributed by atoms with Crippen LogP contribution in [0.3, 0.4) is 0 Å². The predicted octanol–water partition coefficient (Wildman–Crippen LogP) is 2.80. The number of aromatic nitrogens is 2. The van der Waals surface area contributed by atoms with E-state index in [2.05, 4.69) is 20.6 Å². The molecule has 2 aromatic rings. The highest BCUT2D eigenvalue weighted by molar-refractivity contribution is 5.96. The average Bonchev–Trinajstić information content (AvgIpc) is 3.25. The van der Waals surface area contributed by atoms with Crippen molar-refractivity contribution in [2.24, 2.45) is 11.3 Å². The van der Waals surface area contributed by atoms with E-state index < -0.39 is 0 Å². The quantitative estimate of drug-likeness (QED) is 0.816. The van der Waals surface area contributed by atoms with E-state index in [0.717, 1.165) is 49.4 Å². The zero-order chi connectivity index (χ0) is 15.7. The Bertz CT molecular complexity index is 680. The van der Waals surface area contributed by atoms with Gasteiger partial charge < -0.3 is 15.6 Å². The first-order valence-electron chi connectivity index (χ1n) is 8.40. The van der Waals surface area contributed by atoms with Crippen LogP contribution < -0.4 is 10.6 Å². The van der Waals surface area contributed by atoms with Crippen LogP contribution in [0.2, 0.25) is 0 Å². The van der Waals surface area contributed by atoms with Crippen molar-refractivity contribution in [3.05, 3.63) is 36.7 Å². The molecular weight excluding hydrogens is 288 g/mol. The molecule has 4 rings (SSSR count). The van der Waals surface area contributed by atoms with Gasteiger partial charge >= 0.3 is 0 Å². The highest BCUT2D eigenvalue weighted by atomic mass is 16.2. The molecule has 5 heteroatoms. The Balaban J connectivity index is 1.50. The predicted molar refractivity (Wildman–Crippen MR) is 89.9 cm³/mol. The number of carbonyl (C=O) groups is 1. The Kier molecular flexibility index (Phi) is 3.65. The van der Waals surface area contributed by atoms with E-state index in [9.17, 15) is 4.79 Å². The van der Waals surface area contributed by atoms with E-state index in [4.69, 9.17) is 0 Å². The van der Waals surface area contributed by atoms with Gasteiger partial charge in [0.15, 0.2) is 0 Å². The number of aromatic amines is 1. The van der Waals surface area contributed by atoms with Crippen LogP contribution in [0, 0.1) is 11.3 Å². The largest absolute Gasteiger partial charge is 0.345 e. The number of imidazole rings is 1. The minimum Gasteiger partial charge on any atom is -0.345 e. The van der Waals surface area contributed by atoms with Gasteiger partial charge in [-0.15, -0.1) is 0 Å². The molecule has 1 amide bonds. The second-order valence-electron chi connectivity index (χ2n) is 6.70. The van der Waals surface area contributed by atoms with Gasteiger partial charge in [-0.1, -0.05) is 12.8 Å². The van der Waals surface area contributed by atoms with Gasteiger partial charge in [0.25, 0.3) is 0 Å². The fourth-order valence-corrected chi connectivity index (χ4v) is 4.08. The van der Waals surface area contributed by atoms with Gasteiger partial charge in [-0.2, -0.15) is 0 Å². The van der Waals surface area contributed by atoms with Crippen LogP contribution >= 0.6 is 0 Å². The van der Waals surface area contributed by atoms with E-state index in [1.165, 1.54) is 6.42 Å². The minimum atomic E-state index is -0.210. The number of nitrogens with one attached hydrogen (secondary N) is 3. The molecule has 2 aliphatic rings. The number of nitrogens with zero attached hydrogens (tertiary/aromatic N) is 1. The number of rotatable bonds is 3. The molecule has 0 radical (unpaired) electrons. The first-order chi connectivity index (χ1) is 11.3. The maximum absolute atomic E-state index is 12.9. The molecule has 1 aromatic carbocycles. The number of anilines is 1. The van der Waals surface area contributed by atoms with Gasteiger partial charge in [0.1, 0.15) is 5.82 Å². The number of amides is 1. The van der Waals surface area contributed by atoms with Crippen molar-refractivity contribution in [3.63, 3.8) is 0 Å². The summed E-state index contributed by atoms with van der Waals surface area (Å²) >= 11 is 0. The Hall–Kier alpha value is -2.14. The van der Waals surface area contributed by atoms with Gasteiger partial charge in [-0.3, -0.25) is 4.79 Å². The Morgan fingerprint density at radius 2 is 2.13 bits per heavy atom. The minimum absolute atomic E-state index is 0.179. The Labute approximate surface area is 135 Å². The summed E-state index contributed by atoms with van der Waals surface area (Å²) in [6, 6.07) is 7.87. The maximum atomic E-state index is 12.9. The van der Waals surface area contributed by atoms with Crippen LogP contribution in [0.5, 0.6) is 0 Å². The SMILES string of the molecule is O=C(Nc1ccc(-c2ncc[nH]2)cc1)[C@@]12CCCC[C@H]1CNC2. The Morgan fingerprint density at radius 3 is 2.91 bits per heavy atom. The number of hydrogen-bond donors (Lipinski definition) is 3. The third-order valence-corrected chi connectivity index (χ3v) is 5.40. The number of benzene rings is 1. The first kappa shape index (κ1) is 14.5. The summed E-state index contributed by atoms with van der Waals surface area (Å²) in [7, 11) is 0. The first-order valence-corrected chi connectivity index (χ1v) is 8.40. The zero-order valence-corrected chi connectivity index (χ0v) is 13.1. The summed E-state index contributed by atoms with van der Waals surface area (Å²) in [6.07, 6.45) is 8.11. The van der Waals surface area contributed by atoms with Crippen molar-refractivity contribution in [3.8, 4) is 11.4 Å². The molecular formula is C18H22N4O. The number of H-pyrrole nitrogens is 1. The highest BCUT2D eigenvalue weighted by Gasteiger charge is 2.49. The summed E-state index contributed by atoms with van der Waals surface area (Å²) in [5.41, 5.74) is 1.66. The molecule has 2 atom stereocenters. The van der Waals surface area contributed by atoms with E-state index in [1.54, 1.807) is 12.4 Å². The maximum Gasteiger partial charge on any atom is 0.232 e. The fraction of sp³-hybridized carbons (Fsp3) is 0.444. The van der Waals surface area contributed by atoms with Gasteiger partial charge in [0, 0.05) is 30.2 Å². The number of fused-ring (bicyclic) bond motifs is 1. The molecule has 5 nitrogen and oxygen atoms in total. The van der Waals surface area contributed by atoms with Crippen molar-refractivity contribution in [2.75, 3.05) is 18.4 Å². The van der Waals surface area contributed by atoms with Crippen LogP contribution in [0.15, 0.2) is 36.7 Å². The van der Waals surface area contributed by atoms with Crippen LogP contribution in [0.4, 0.5) is 5.69 Å². The lowest BCUT2D eigenvalue weighted by Gasteiger charge is -2.37. The van der Waals surface area contributed by atoms with Crippen LogP contribution in [-0.4, -0.2) is 29.0 Å². The molecule has 1 saturated heterocycles. The lowest BCUT2D eigenvalue weighted by atomic mass is 9.67. The molecule has 2 heterocycles. The molecule has 2 fully saturated rings. The fourth-order valence-electron chi connectivity index (χ4n) is 4.08. The molecule has 120 valence electrons. The number of carbonyl (C=O) groups excluding carboxylic acids is 1. The summed E-state index contributed by atoms with van der Waals surface area (Å²) in [6.45, 7) is 1.79. The van der Waals surface area contributed by atoms with Crippen LogP contribution in [0.25, 0.3) is 11.4 Å². The molecule has 0 unspecified atom stereocenters. The van der Waals surface area contributed by atoms with Gasteiger partial charge in [-0.25, -0.2) is 4.98 Å². The standard InChI is InChI=1S/C18H22N4O/c23-17(18-8-2-1-3-14(18)11-19-12-18)22-15-6-4-13(5-7-15)16-20-9-10-21-16/h4-7,9-10,14,19H,1-3,8,11-12H2,(H,20,21)(H,22,23)/t14-,18+/m0/s1. The summed E-state index contributed by atoms with van der Waals surface area (Å²) < 4.78 is 0. The van der Waals surface area contributed by atoms with Gasteiger partial charge in [-0.05, 0) is 49.6 Å². The molecule has 1 aliphatic carbocycles. The van der Waals surface area contributed by atoms with Gasteiger partial charge in [0.2, 0.25) is 5.91 Å². The van der Waals surface area contributed by atoms with E-state index >= 15 is 0 Å². The molecule has 3 N–H and O–H groups in total. The third-order valence-electron chi connectivity index (χ3n) is 5.40. The lowest BCUT2D eigenvalue weighted by molar-refractivity contribution is -0.128. The Morgan fingerprint density at radius 1 is 1.26 bits per heavy atom. The molecule has 23 heavy (non-hydrogen) atoms. The lowest BCUT2D eigenvalue weighted by Crippen LogP contribution is -2.44. The van der Waals surface area contributed by atoms with Crippen LogP contribution in [-0.2, 0) is 4.79 Å². The second-order valence-corrected chi connectivity index (χ2v) is 6.70. The summed E-state index contributed by atoms with van der Waals surface area (Å²) in [5.74, 6) is 1.50. The van der Waals surface area contributed by atoms with Crippen molar-refractivity contribution < 1.29 is 4.79 Å². The average molecular weight is 310 g/mol. The van der Waals surface area contributed by atoms with Crippen molar-refractivity contribution in [1.82, 2.24) is 15.3 Å². The van der Waals surface area contributed by atoms with Crippen molar-refractivity contribution in [2.45, 2.75) is 25.7 Å². The van der Waals surface area contributed by atoms with E-state index in [0.29, 0.717) is 5.92 Å². The topological polar surface area (TPSA) is 69.8 Å².